The van der Waals surface area contributed by atoms with Crippen LogP contribution in [0, 0.1) is 0 Å². The van der Waals surface area contributed by atoms with E-state index in [0.717, 1.165) is 11.0 Å². The lowest BCUT2D eigenvalue weighted by Crippen LogP contribution is -2.56. The Balaban J connectivity index is 1.11. The topological polar surface area (TPSA) is 209 Å². The van der Waals surface area contributed by atoms with Crippen molar-refractivity contribution in [3.63, 3.8) is 0 Å². The van der Waals surface area contributed by atoms with E-state index in [0.29, 0.717) is 0 Å². The summed E-state index contributed by atoms with van der Waals surface area (Å²) in [6.45, 7) is 8.83. The summed E-state index contributed by atoms with van der Waals surface area (Å²) in [7, 11) is 2.34. The molecule has 0 unspecified atom stereocenters. The number of ether oxygens (including phenoxy) is 5. The molecule has 2 aliphatic heterocycles. The van der Waals surface area contributed by atoms with Crippen molar-refractivity contribution in [2.75, 3.05) is 20.8 Å². The minimum absolute atomic E-state index is 0.0599. The number of aliphatic hydroxyl groups excluding tert-OH is 1. The minimum Gasteiger partial charge on any atom is -0.507 e. The Hall–Kier alpha value is -4.46. The molecule has 3 aromatic rings. The largest absolute Gasteiger partial charge is 0.507 e. The smallest absolute Gasteiger partial charge is 0.494 e. The van der Waals surface area contributed by atoms with Crippen LogP contribution in [0.3, 0.4) is 0 Å². The van der Waals surface area contributed by atoms with E-state index in [4.69, 9.17) is 45.2 Å². The standard InChI is InChI=1S/C42H48BNO14S/c1-20-38(53-7)25(44-39(59)54-19-21-11-13-22(14-12-21)43-57-40(2,3)41(4,5)58-43)15-29(55-20)56-27-17-42(51,28(46)18-45)16-24-31(27)37(50)33-32(35(24)48)34(47)23-9-8-10-26(52-6)30(23)36(33)49/h8-14,20,25,27,29,38,45,48,50-51H,15-19H2,1-7H3,(H,44,59)/t20-,25-,27-,29-,38-,42-/m0/s1. The zero-order chi connectivity index (χ0) is 42.8. The summed E-state index contributed by atoms with van der Waals surface area (Å²) >= 11 is 5.58. The summed E-state index contributed by atoms with van der Waals surface area (Å²) in [5, 5.41) is 48.3. The normalized spacial score (nSPS) is 26.7. The van der Waals surface area contributed by atoms with Gasteiger partial charge in [-0.1, -0.05) is 36.4 Å². The summed E-state index contributed by atoms with van der Waals surface area (Å²) in [5.74, 6) is -3.82. The molecule has 59 heavy (non-hydrogen) atoms. The Bertz CT molecular complexity index is 2180. The van der Waals surface area contributed by atoms with Gasteiger partial charge in [0.2, 0.25) is 5.78 Å². The van der Waals surface area contributed by atoms with Crippen LogP contribution in [0.4, 0.5) is 0 Å². The van der Waals surface area contributed by atoms with Crippen LogP contribution < -0.4 is 15.5 Å². The number of rotatable bonds is 10. The third-order valence-electron chi connectivity index (χ3n) is 12.2. The second-order valence-electron chi connectivity index (χ2n) is 16.4. The van der Waals surface area contributed by atoms with Crippen molar-refractivity contribution in [3.05, 3.63) is 81.4 Å². The Morgan fingerprint density at radius 1 is 0.966 bits per heavy atom. The van der Waals surface area contributed by atoms with Gasteiger partial charge in [0.1, 0.15) is 42.2 Å². The number of methoxy groups -OCH3 is 2. The molecule has 2 saturated heterocycles. The molecule has 314 valence electrons. The Morgan fingerprint density at radius 2 is 1.63 bits per heavy atom. The summed E-state index contributed by atoms with van der Waals surface area (Å²) < 4.78 is 42.0. The first-order valence-electron chi connectivity index (χ1n) is 19.3. The summed E-state index contributed by atoms with van der Waals surface area (Å²) in [5.41, 5.74) is -2.96. The Morgan fingerprint density at radius 3 is 2.25 bits per heavy atom. The zero-order valence-electron chi connectivity index (χ0n) is 33.8. The van der Waals surface area contributed by atoms with Gasteiger partial charge in [-0.05, 0) is 63.9 Å². The highest BCUT2D eigenvalue weighted by Gasteiger charge is 2.52. The van der Waals surface area contributed by atoms with E-state index in [9.17, 15) is 34.8 Å². The van der Waals surface area contributed by atoms with Gasteiger partial charge in [-0.2, -0.15) is 0 Å². The maximum Gasteiger partial charge on any atom is 0.494 e. The molecule has 0 amide bonds. The monoisotopic (exact) mass is 833 g/mol. The van der Waals surface area contributed by atoms with Crippen molar-refractivity contribution in [1.29, 1.82) is 0 Å². The number of fused-ring (bicyclic) bond motifs is 3. The van der Waals surface area contributed by atoms with Gasteiger partial charge in [-0.15, -0.1) is 0 Å². The average molecular weight is 834 g/mol. The SMILES string of the molecule is COc1cccc2c1C(=O)c1c(O)c3c(c(O)c1C2=O)C[C@@](O)(C(=O)CO)C[C@@H]3O[C@H]1C[C@H](NC(=S)OCc2ccc(B3OC(C)(C)C(C)(C)O3)cc2)[C@@H](OC)[C@H](C)O1. The maximum atomic E-state index is 14.0. The molecule has 5 N–H and O–H groups in total. The molecule has 2 fully saturated rings. The van der Waals surface area contributed by atoms with Gasteiger partial charge in [0.15, 0.2) is 17.9 Å². The van der Waals surface area contributed by atoms with E-state index in [2.05, 4.69) is 5.32 Å². The number of benzene rings is 3. The van der Waals surface area contributed by atoms with Gasteiger partial charge in [0.05, 0.1) is 53.3 Å². The summed E-state index contributed by atoms with van der Waals surface area (Å²) in [4.78, 5) is 40.9. The molecule has 7 rings (SSSR count). The number of aromatic hydroxyl groups is 2. The molecule has 17 heteroatoms. The van der Waals surface area contributed by atoms with E-state index in [1.54, 1.807) is 6.92 Å². The van der Waals surface area contributed by atoms with E-state index in [1.807, 2.05) is 52.0 Å². The van der Waals surface area contributed by atoms with Gasteiger partial charge in [0, 0.05) is 43.1 Å². The van der Waals surface area contributed by atoms with Crippen LogP contribution >= 0.6 is 12.2 Å². The number of thiocarbonyl (C=S) groups is 1. The second-order valence-corrected chi connectivity index (χ2v) is 16.7. The molecule has 3 aromatic carbocycles. The maximum absolute atomic E-state index is 14.0. The molecule has 6 atom stereocenters. The number of aliphatic hydroxyl groups is 2. The van der Waals surface area contributed by atoms with E-state index in [1.165, 1.54) is 32.4 Å². The molecule has 0 radical (unpaired) electrons. The molecule has 0 bridgehead atoms. The lowest BCUT2D eigenvalue weighted by molar-refractivity contribution is -0.252. The highest BCUT2D eigenvalue weighted by Crippen LogP contribution is 2.52. The van der Waals surface area contributed by atoms with Crippen LogP contribution in [0.5, 0.6) is 17.2 Å². The lowest BCUT2D eigenvalue weighted by atomic mass is 9.72. The number of hydrogen-bond donors (Lipinski definition) is 5. The van der Waals surface area contributed by atoms with Crippen LogP contribution in [0.15, 0.2) is 42.5 Å². The number of phenols is 2. The minimum atomic E-state index is -2.29. The average Bonchev–Trinajstić information content (AvgIpc) is 3.42. The summed E-state index contributed by atoms with van der Waals surface area (Å²) in [6.07, 6.45) is -4.67. The van der Waals surface area contributed by atoms with Crippen LogP contribution in [-0.2, 0) is 46.1 Å². The highest BCUT2D eigenvalue weighted by molar-refractivity contribution is 7.80. The van der Waals surface area contributed by atoms with Crippen molar-refractivity contribution >= 4 is 47.3 Å². The van der Waals surface area contributed by atoms with Crippen LogP contribution in [0.1, 0.15) is 102 Å². The molecule has 2 heterocycles. The Labute approximate surface area is 347 Å². The van der Waals surface area contributed by atoms with Crippen molar-refractivity contribution in [3.8, 4) is 17.2 Å². The predicted molar refractivity (Wildman–Crippen MR) is 215 cm³/mol. The number of hydrogen-bond acceptors (Lipinski definition) is 15. The van der Waals surface area contributed by atoms with Crippen molar-refractivity contribution in [2.24, 2.45) is 0 Å². The number of carbonyl (C=O) groups excluding carboxylic acids is 3. The summed E-state index contributed by atoms with van der Waals surface area (Å²) in [6, 6.07) is 11.5. The Kier molecular flexibility index (Phi) is 11.5. The molecular formula is C42H48BNO14S. The van der Waals surface area contributed by atoms with Crippen molar-refractivity contribution in [2.45, 2.75) is 108 Å². The fourth-order valence-corrected chi connectivity index (χ4v) is 8.51. The molecule has 0 spiro atoms. The van der Waals surface area contributed by atoms with E-state index in [-0.39, 0.29) is 46.2 Å². The number of nitrogens with one attached hydrogen (secondary N) is 1. The van der Waals surface area contributed by atoms with Gasteiger partial charge in [-0.3, -0.25) is 14.4 Å². The molecule has 0 saturated carbocycles. The first-order valence-corrected chi connectivity index (χ1v) is 19.7. The van der Waals surface area contributed by atoms with Crippen molar-refractivity contribution < 1.29 is 67.8 Å². The molecule has 2 aliphatic carbocycles. The van der Waals surface area contributed by atoms with E-state index < -0.39 is 114 Å². The fourth-order valence-electron chi connectivity index (χ4n) is 8.30. The van der Waals surface area contributed by atoms with Crippen LogP contribution in [-0.4, -0.2) is 112 Å². The van der Waals surface area contributed by atoms with Crippen LogP contribution in [0.2, 0.25) is 0 Å². The van der Waals surface area contributed by atoms with Crippen molar-refractivity contribution in [1.82, 2.24) is 5.32 Å². The first kappa shape index (κ1) is 42.7. The number of Topliss-reactive ketones (excluding diaryl/α,β-unsaturated/α-hetero) is 1. The third-order valence-corrected chi connectivity index (χ3v) is 12.4. The van der Waals surface area contributed by atoms with Gasteiger partial charge < -0.3 is 58.7 Å². The van der Waals surface area contributed by atoms with E-state index >= 15 is 0 Å². The first-order chi connectivity index (χ1) is 27.8. The molecule has 15 nitrogen and oxygen atoms in total. The van der Waals surface area contributed by atoms with Crippen LogP contribution in [0.25, 0.3) is 0 Å². The quantitative estimate of drug-likeness (QED) is 0.0884. The second kappa shape index (κ2) is 15.9. The predicted octanol–water partition coefficient (Wildman–Crippen LogP) is 3.09. The molecule has 0 aromatic heterocycles. The zero-order valence-corrected chi connectivity index (χ0v) is 34.6. The third kappa shape index (κ3) is 7.52. The number of carbonyl (C=O) groups is 3. The molecule has 4 aliphatic rings. The van der Waals surface area contributed by atoms with Gasteiger partial charge in [0.25, 0.3) is 5.17 Å². The highest BCUT2D eigenvalue weighted by atomic mass is 32.1. The number of ketones is 3. The van der Waals surface area contributed by atoms with Gasteiger partial charge >= 0.3 is 7.12 Å². The fraction of sp³-hybridized carbons (Fsp3) is 0.476. The lowest BCUT2D eigenvalue weighted by Gasteiger charge is -2.43. The molecular weight excluding hydrogens is 785 g/mol. The van der Waals surface area contributed by atoms with Gasteiger partial charge in [-0.25, -0.2) is 0 Å². The number of phenolic OH excluding ortho intramolecular Hbond substituents is 2.